The van der Waals surface area contributed by atoms with Crippen molar-refractivity contribution in [3.63, 3.8) is 0 Å². The normalized spacial score (nSPS) is 15.8. The van der Waals surface area contributed by atoms with Crippen LogP contribution in [0.2, 0.25) is 0 Å². The van der Waals surface area contributed by atoms with E-state index in [-0.39, 0.29) is 11.8 Å². The van der Waals surface area contributed by atoms with Gasteiger partial charge in [-0.25, -0.2) is 4.98 Å². The first-order chi connectivity index (χ1) is 16.6. The van der Waals surface area contributed by atoms with Crippen LogP contribution in [-0.2, 0) is 9.59 Å². The summed E-state index contributed by atoms with van der Waals surface area (Å²) in [5, 5.41) is 3.70. The minimum Gasteiger partial charge on any atom is -0.492 e. The summed E-state index contributed by atoms with van der Waals surface area (Å²) in [6.07, 6.45) is -0.734. The minimum absolute atomic E-state index is 0.216. The molecule has 4 aromatic rings. The number of amides is 2. The van der Waals surface area contributed by atoms with Gasteiger partial charge in [0.2, 0.25) is 5.91 Å². The zero-order chi connectivity index (χ0) is 23.7. The fraction of sp³-hybridized carbons (Fsp3) is 0.148. The van der Waals surface area contributed by atoms with Gasteiger partial charge in [0, 0.05) is 12.5 Å². The van der Waals surface area contributed by atoms with E-state index in [0.29, 0.717) is 34.2 Å². The van der Waals surface area contributed by atoms with Crippen molar-refractivity contribution in [2.75, 3.05) is 11.5 Å². The molecule has 1 aromatic heterocycles. The van der Waals surface area contributed by atoms with Crippen molar-refractivity contribution < 1.29 is 14.3 Å². The van der Waals surface area contributed by atoms with Gasteiger partial charge in [-0.3, -0.25) is 14.5 Å². The number of thiazole rings is 1. The van der Waals surface area contributed by atoms with Crippen LogP contribution in [-0.4, -0.2) is 29.6 Å². The molecule has 0 aliphatic carbocycles. The lowest BCUT2D eigenvalue weighted by molar-refractivity contribution is -0.119. The molecule has 7 heteroatoms. The summed E-state index contributed by atoms with van der Waals surface area (Å²) in [5.74, 6) is 0.114. The molecule has 0 unspecified atom stereocenters. The summed E-state index contributed by atoms with van der Waals surface area (Å²) in [4.78, 5) is 32.9. The Hall–Kier alpha value is -3.97. The van der Waals surface area contributed by atoms with E-state index in [2.05, 4.69) is 5.32 Å². The molecule has 170 valence electrons. The maximum Gasteiger partial charge on any atom is 0.261 e. The third-order valence-electron chi connectivity index (χ3n) is 5.59. The van der Waals surface area contributed by atoms with Gasteiger partial charge in [0.1, 0.15) is 16.9 Å². The van der Waals surface area contributed by atoms with Gasteiger partial charge in [-0.2, -0.15) is 0 Å². The molecule has 2 amide bonds. The summed E-state index contributed by atoms with van der Waals surface area (Å²) in [5.41, 5.74) is 3.42. The number of carbonyl (C=O) groups excluding carboxylic acids is 2. The number of nitrogens with one attached hydrogen (secondary N) is 1. The quantitative estimate of drug-likeness (QED) is 0.426. The first-order valence-electron chi connectivity index (χ1n) is 11.1. The predicted octanol–water partition coefficient (Wildman–Crippen LogP) is 5.11. The lowest BCUT2D eigenvalue weighted by Crippen LogP contribution is -2.47. The standard InChI is InChI=1S/C27H23N3O3S/c1-3-33-21-15-9-8-14-20(21)30-25(28-17(2)31)24(23(27(30)32)18-11-5-4-6-12-18)26-29-19-13-7-10-16-22(19)34-26/h4-16,25H,3H2,1-2H3,(H,28,31)/t25-/m1/s1. The molecule has 0 radical (unpaired) electrons. The SMILES string of the molecule is CCOc1ccccc1N1C(=O)C(c2ccccc2)=C(c2nc3ccccc3s2)[C@@H]1NC(C)=O. The average Bonchev–Trinajstić information content (AvgIpc) is 3.38. The van der Waals surface area contributed by atoms with Gasteiger partial charge in [0.05, 0.1) is 28.1 Å². The summed E-state index contributed by atoms with van der Waals surface area (Å²) in [6.45, 7) is 3.80. The van der Waals surface area contributed by atoms with Crippen LogP contribution >= 0.6 is 11.3 Å². The van der Waals surface area contributed by atoms with E-state index in [0.717, 1.165) is 15.8 Å². The molecule has 0 saturated carbocycles. The van der Waals surface area contributed by atoms with Crippen molar-refractivity contribution in [1.29, 1.82) is 0 Å². The zero-order valence-corrected chi connectivity index (χ0v) is 19.6. The molecule has 5 rings (SSSR count). The fourth-order valence-corrected chi connectivity index (χ4v) is 5.27. The summed E-state index contributed by atoms with van der Waals surface area (Å²) in [7, 11) is 0. The Kier molecular flexibility index (Phi) is 5.86. The molecule has 1 aliphatic rings. The second kappa shape index (κ2) is 9.11. The summed E-state index contributed by atoms with van der Waals surface area (Å²) in [6, 6.07) is 24.8. The van der Waals surface area contributed by atoms with Crippen molar-refractivity contribution in [1.82, 2.24) is 10.3 Å². The highest BCUT2D eigenvalue weighted by Crippen LogP contribution is 2.44. The van der Waals surface area contributed by atoms with E-state index in [9.17, 15) is 9.59 Å². The Balaban J connectivity index is 1.77. The average molecular weight is 470 g/mol. The molecule has 3 aromatic carbocycles. The molecular weight excluding hydrogens is 446 g/mol. The number of ether oxygens (including phenoxy) is 1. The number of anilines is 1. The number of nitrogens with zero attached hydrogens (tertiary/aromatic N) is 2. The molecular formula is C27H23N3O3S. The maximum atomic E-state index is 14.1. The largest absolute Gasteiger partial charge is 0.492 e. The number of benzene rings is 3. The third kappa shape index (κ3) is 3.84. The molecule has 0 saturated heterocycles. The van der Waals surface area contributed by atoms with Crippen molar-refractivity contribution in [3.8, 4) is 5.75 Å². The maximum absolute atomic E-state index is 14.1. The Morgan fingerprint density at radius 1 is 1.03 bits per heavy atom. The monoisotopic (exact) mass is 469 g/mol. The number of carbonyl (C=O) groups is 2. The molecule has 34 heavy (non-hydrogen) atoms. The first kappa shape index (κ1) is 21.9. The van der Waals surface area contributed by atoms with Gasteiger partial charge < -0.3 is 10.1 Å². The second-order valence-electron chi connectivity index (χ2n) is 7.82. The van der Waals surface area contributed by atoms with E-state index in [1.807, 2.05) is 85.8 Å². The van der Waals surface area contributed by atoms with E-state index in [4.69, 9.17) is 9.72 Å². The van der Waals surface area contributed by atoms with Crippen LogP contribution in [0.4, 0.5) is 5.69 Å². The van der Waals surface area contributed by atoms with Gasteiger partial charge in [-0.1, -0.05) is 54.6 Å². The topological polar surface area (TPSA) is 71.5 Å². The number of fused-ring (bicyclic) bond motifs is 1. The molecule has 0 bridgehead atoms. The van der Waals surface area contributed by atoms with Crippen LogP contribution in [0.3, 0.4) is 0 Å². The Morgan fingerprint density at radius 3 is 2.47 bits per heavy atom. The Morgan fingerprint density at radius 2 is 1.74 bits per heavy atom. The predicted molar refractivity (Wildman–Crippen MR) is 136 cm³/mol. The van der Waals surface area contributed by atoms with E-state index < -0.39 is 6.17 Å². The lowest BCUT2D eigenvalue weighted by Gasteiger charge is -2.28. The number of para-hydroxylation sites is 3. The van der Waals surface area contributed by atoms with Gasteiger partial charge in [0.15, 0.2) is 0 Å². The Bertz CT molecular complexity index is 1380. The van der Waals surface area contributed by atoms with E-state index in [1.165, 1.54) is 18.3 Å². The third-order valence-corrected chi connectivity index (χ3v) is 6.65. The smallest absolute Gasteiger partial charge is 0.261 e. The van der Waals surface area contributed by atoms with Crippen molar-refractivity contribution in [2.24, 2.45) is 0 Å². The molecule has 1 N–H and O–H groups in total. The van der Waals surface area contributed by atoms with Crippen molar-refractivity contribution >= 4 is 50.2 Å². The van der Waals surface area contributed by atoms with Crippen LogP contribution in [0.15, 0.2) is 78.9 Å². The van der Waals surface area contributed by atoms with Crippen LogP contribution in [0.5, 0.6) is 5.75 Å². The summed E-state index contributed by atoms with van der Waals surface area (Å²) >= 11 is 1.51. The molecule has 1 aliphatic heterocycles. The van der Waals surface area contributed by atoms with E-state index in [1.54, 1.807) is 4.90 Å². The number of aromatic nitrogens is 1. The molecule has 2 heterocycles. The van der Waals surface area contributed by atoms with Crippen LogP contribution < -0.4 is 15.0 Å². The van der Waals surface area contributed by atoms with Gasteiger partial charge in [-0.15, -0.1) is 11.3 Å². The zero-order valence-electron chi connectivity index (χ0n) is 18.8. The highest BCUT2D eigenvalue weighted by Gasteiger charge is 2.44. The number of hydrogen-bond acceptors (Lipinski definition) is 5. The van der Waals surface area contributed by atoms with Crippen LogP contribution in [0.1, 0.15) is 24.4 Å². The Labute approximate surface area is 201 Å². The van der Waals surface area contributed by atoms with Crippen LogP contribution in [0.25, 0.3) is 21.4 Å². The van der Waals surface area contributed by atoms with E-state index >= 15 is 0 Å². The van der Waals surface area contributed by atoms with Gasteiger partial charge >= 0.3 is 0 Å². The molecule has 6 nitrogen and oxygen atoms in total. The van der Waals surface area contributed by atoms with Crippen molar-refractivity contribution in [2.45, 2.75) is 20.0 Å². The highest BCUT2D eigenvalue weighted by molar-refractivity contribution is 7.19. The minimum atomic E-state index is -0.734. The second-order valence-corrected chi connectivity index (χ2v) is 8.85. The number of rotatable bonds is 6. The van der Waals surface area contributed by atoms with Crippen LogP contribution in [0, 0.1) is 0 Å². The summed E-state index contributed by atoms with van der Waals surface area (Å²) < 4.78 is 6.86. The molecule has 0 spiro atoms. The first-order valence-corrected chi connectivity index (χ1v) is 11.9. The van der Waals surface area contributed by atoms with Gasteiger partial charge in [0.25, 0.3) is 5.91 Å². The number of hydrogen-bond donors (Lipinski definition) is 1. The molecule has 1 atom stereocenters. The molecule has 0 fully saturated rings. The van der Waals surface area contributed by atoms with Crippen molar-refractivity contribution in [3.05, 3.63) is 89.4 Å². The highest BCUT2D eigenvalue weighted by atomic mass is 32.1. The fourth-order valence-electron chi connectivity index (χ4n) is 4.23. The lowest BCUT2D eigenvalue weighted by atomic mass is 10.0. The van der Waals surface area contributed by atoms with Gasteiger partial charge in [-0.05, 0) is 36.8 Å².